The summed E-state index contributed by atoms with van der Waals surface area (Å²) in [6, 6.07) is 12.7. The summed E-state index contributed by atoms with van der Waals surface area (Å²) in [5.74, 6) is 0.0394. The van der Waals surface area contributed by atoms with Gasteiger partial charge in [-0.25, -0.2) is 17.5 Å². The lowest BCUT2D eigenvalue weighted by atomic mass is 10.2. The van der Waals surface area contributed by atoms with Crippen LogP contribution in [0.25, 0.3) is 0 Å². The van der Waals surface area contributed by atoms with Crippen LogP contribution in [0, 0.1) is 5.82 Å². The third-order valence-corrected chi connectivity index (χ3v) is 5.85. The van der Waals surface area contributed by atoms with Crippen molar-refractivity contribution in [3.63, 3.8) is 0 Å². The van der Waals surface area contributed by atoms with Crippen molar-refractivity contribution in [1.29, 1.82) is 0 Å². The van der Waals surface area contributed by atoms with Crippen LogP contribution >= 0.6 is 11.6 Å². The van der Waals surface area contributed by atoms with Crippen molar-refractivity contribution in [1.82, 2.24) is 10.0 Å². The SMILES string of the molecule is O=C(NCCOc1ccc(F)cc1)c1ccc(Cl)c(S(=O)(=O)NCc2ccco2)c1. The number of furan rings is 1. The van der Waals surface area contributed by atoms with Gasteiger partial charge in [-0.1, -0.05) is 11.6 Å². The average molecular weight is 453 g/mol. The van der Waals surface area contributed by atoms with Crippen LogP contribution in [0.15, 0.2) is 70.2 Å². The van der Waals surface area contributed by atoms with Crippen molar-refractivity contribution in [2.45, 2.75) is 11.4 Å². The maximum absolute atomic E-state index is 12.9. The highest BCUT2D eigenvalue weighted by Crippen LogP contribution is 2.23. The molecule has 2 N–H and O–H groups in total. The fraction of sp³-hybridized carbons (Fsp3) is 0.150. The number of hydrogen-bond acceptors (Lipinski definition) is 5. The minimum atomic E-state index is -3.97. The first-order valence-corrected chi connectivity index (χ1v) is 10.7. The van der Waals surface area contributed by atoms with Gasteiger partial charge in [-0.15, -0.1) is 0 Å². The van der Waals surface area contributed by atoms with E-state index in [-0.39, 0.29) is 41.0 Å². The first kappa shape index (κ1) is 21.8. The lowest BCUT2D eigenvalue weighted by Gasteiger charge is -2.11. The molecule has 0 radical (unpaired) electrons. The highest BCUT2D eigenvalue weighted by atomic mass is 35.5. The number of rotatable bonds is 9. The molecule has 1 heterocycles. The number of nitrogens with one attached hydrogen (secondary N) is 2. The average Bonchev–Trinajstić information content (AvgIpc) is 3.25. The number of amides is 1. The van der Waals surface area contributed by atoms with Crippen molar-refractivity contribution in [3.05, 3.63) is 83.0 Å². The monoisotopic (exact) mass is 452 g/mol. The van der Waals surface area contributed by atoms with Gasteiger partial charge in [0.25, 0.3) is 5.91 Å². The van der Waals surface area contributed by atoms with E-state index in [0.717, 1.165) is 0 Å². The quantitative estimate of drug-likeness (QED) is 0.485. The Kier molecular flexibility index (Phi) is 7.09. The van der Waals surface area contributed by atoms with Crippen LogP contribution < -0.4 is 14.8 Å². The van der Waals surface area contributed by atoms with Crippen LogP contribution in [0.2, 0.25) is 5.02 Å². The Balaban J connectivity index is 1.59. The molecule has 0 aliphatic carbocycles. The molecule has 3 aromatic rings. The van der Waals surface area contributed by atoms with Crippen LogP contribution in [0.3, 0.4) is 0 Å². The van der Waals surface area contributed by atoms with Gasteiger partial charge in [0.2, 0.25) is 10.0 Å². The molecular formula is C20H18ClFN2O5S. The first-order valence-electron chi connectivity index (χ1n) is 8.83. The van der Waals surface area contributed by atoms with Crippen molar-refractivity contribution in [2.24, 2.45) is 0 Å². The van der Waals surface area contributed by atoms with Crippen molar-refractivity contribution >= 4 is 27.5 Å². The number of ether oxygens (including phenoxy) is 1. The second-order valence-corrected chi connectivity index (χ2v) is 8.25. The number of hydrogen-bond donors (Lipinski definition) is 2. The standard InChI is InChI=1S/C20H18ClFN2O5S/c21-18-8-3-14(12-19(18)30(26,27)24-13-17-2-1-10-28-17)20(25)23-9-11-29-16-6-4-15(22)5-7-16/h1-8,10,12,24H,9,11,13H2,(H,23,25). The van der Waals surface area contributed by atoms with E-state index in [4.69, 9.17) is 20.8 Å². The van der Waals surface area contributed by atoms with Gasteiger partial charge in [-0.05, 0) is 54.6 Å². The van der Waals surface area contributed by atoms with Crippen molar-refractivity contribution < 1.29 is 26.8 Å². The van der Waals surface area contributed by atoms with Gasteiger partial charge >= 0.3 is 0 Å². The third kappa shape index (κ3) is 5.82. The molecule has 1 amide bonds. The minimum Gasteiger partial charge on any atom is -0.492 e. The van der Waals surface area contributed by atoms with Gasteiger partial charge in [0.15, 0.2) is 0 Å². The largest absolute Gasteiger partial charge is 0.492 e. The van der Waals surface area contributed by atoms with Crippen LogP contribution in [0.4, 0.5) is 4.39 Å². The lowest BCUT2D eigenvalue weighted by molar-refractivity contribution is 0.0947. The zero-order chi connectivity index (χ0) is 21.6. The van der Waals surface area contributed by atoms with Gasteiger partial charge in [0.1, 0.15) is 28.8 Å². The van der Waals surface area contributed by atoms with E-state index in [0.29, 0.717) is 11.5 Å². The predicted octanol–water partition coefficient (Wildman–Crippen LogP) is 3.36. The molecule has 10 heteroatoms. The molecule has 0 spiro atoms. The normalized spacial score (nSPS) is 11.3. The van der Waals surface area contributed by atoms with E-state index >= 15 is 0 Å². The maximum Gasteiger partial charge on any atom is 0.251 e. The highest BCUT2D eigenvalue weighted by molar-refractivity contribution is 7.89. The molecule has 0 bridgehead atoms. The molecule has 0 fully saturated rings. The minimum absolute atomic E-state index is 0.0156. The second-order valence-electron chi connectivity index (χ2n) is 6.11. The van der Waals surface area contributed by atoms with Crippen LogP contribution in [0.1, 0.15) is 16.1 Å². The van der Waals surface area contributed by atoms with Gasteiger partial charge < -0.3 is 14.5 Å². The summed E-state index contributed by atoms with van der Waals surface area (Å²) in [5.41, 5.74) is 0.125. The Labute approximate surface area is 177 Å². The second kappa shape index (κ2) is 9.75. The molecule has 7 nitrogen and oxygen atoms in total. The summed E-state index contributed by atoms with van der Waals surface area (Å²) < 4.78 is 50.8. The maximum atomic E-state index is 12.9. The molecule has 0 saturated heterocycles. The van der Waals surface area contributed by atoms with Crippen LogP contribution in [-0.2, 0) is 16.6 Å². The fourth-order valence-electron chi connectivity index (χ4n) is 2.47. The van der Waals surface area contributed by atoms with E-state index in [1.165, 1.54) is 48.7 Å². The number of halogens is 2. The zero-order valence-corrected chi connectivity index (χ0v) is 17.2. The molecule has 30 heavy (non-hydrogen) atoms. The Morgan fingerprint density at radius 2 is 1.90 bits per heavy atom. The Morgan fingerprint density at radius 3 is 2.60 bits per heavy atom. The summed E-state index contributed by atoms with van der Waals surface area (Å²) in [6.07, 6.45) is 1.43. The lowest BCUT2D eigenvalue weighted by Crippen LogP contribution is -2.29. The fourth-order valence-corrected chi connectivity index (χ4v) is 3.99. The smallest absolute Gasteiger partial charge is 0.251 e. The number of carbonyl (C=O) groups excluding carboxylic acids is 1. The third-order valence-electron chi connectivity index (χ3n) is 3.97. The van der Waals surface area contributed by atoms with Crippen molar-refractivity contribution in [3.8, 4) is 5.75 Å². The van der Waals surface area contributed by atoms with Crippen LogP contribution in [-0.4, -0.2) is 27.5 Å². The van der Waals surface area contributed by atoms with E-state index in [1.54, 1.807) is 12.1 Å². The molecule has 1 aromatic heterocycles. The zero-order valence-electron chi connectivity index (χ0n) is 15.6. The molecule has 0 atom stereocenters. The van der Waals surface area contributed by atoms with Gasteiger partial charge in [0.05, 0.1) is 24.4 Å². The predicted molar refractivity (Wildman–Crippen MR) is 108 cm³/mol. The Morgan fingerprint density at radius 1 is 1.13 bits per heavy atom. The summed E-state index contributed by atoms with van der Waals surface area (Å²) in [5, 5.41) is 2.61. The summed E-state index contributed by atoms with van der Waals surface area (Å²) in [6.45, 7) is 0.265. The van der Waals surface area contributed by atoms with E-state index in [1.807, 2.05) is 0 Å². The van der Waals surface area contributed by atoms with E-state index in [9.17, 15) is 17.6 Å². The molecule has 0 saturated carbocycles. The molecule has 0 aliphatic heterocycles. The first-order chi connectivity index (χ1) is 14.3. The molecule has 3 rings (SSSR count). The van der Waals surface area contributed by atoms with Gasteiger partial charge in [0, 0.05) is 5.56 Å². The summed E-state index contributed by atoms with van der Waals surface area (Å²) >= 11 is 6.03. The van der Waals surface area contributed by atoms with E-state index < -0.39 is 15.9 Å². The van der Waals surface area contributed by atoms with E-state index in [2.05, 4.69) is 10.0 Å². The van der Waals surface area contributed by atoms with Crippen molar-refractivity contribution in [2.75, 3.05) is 13.2 Å². The molecule has 0 aliphatic rings. The number of carbonyl (C=O) groups is 1. The van der Waals surface area contributed by atoms with Gasteiger partial charge in [-0.2, -0.15) is 0 Å². The molecule has 0 unspecified atom stereocenters. The molecular weight excluding hydrogens is 435 g/mol. The number of benzene rings is 2. The Hall–Kier alpha value is -2.88. The molecule has 2 aromatic carbocycles. The molecule has 158 valence electrons. The summed E-state index contributed by atoms with van der Waals surface area (Å²) in [7, 11) is -3.97. The topological polar surface area (TPSA) is 97.6 Å². The van der Waals surface area contributed by atoms with Gasteiger partial charge in [-0.3, -0.25) is 4.79 Å². The Bertz CT molecular complexity index is 1100. The highest BCUT2D eigenvalue weighted by Gasteiger charge is 2.20. The summed E-state index contributed by atoms with van der Waals surface area (Å²) in [4.78, 5) is 12.1. The van der Waals surface area contributed by atoms with Crippen LogP contribution in [0.5, 0.6) is 5.75 Å². The number of sulfonamides is 1.